The summed E-state index contributed by atoms with van der Waals surface area (Å²) in [6.45, 7) is 3.90. The third-order valence-electron chi connectivity index (χ3n) is 4.25. The molecule has 3 rings (SSSR count). The number of aryl methyl sites for hydroxylation is 2. The van der Waals surface area contributed by atoms with Crippen LogP contribution in [0.25, 0.3) is 10.2 Å². The Kier molecular flexibility index (Phi) is 4.12. The van der Waals surface area contributed by atoms with E-state index in [4.69, 9.17) is 0 Å². The van der Waals surface area contributed by atoms with E-state index in [-0.39, 0.29) is 11.9 Å². The number of hydrogen-bond acceptors (Lipinski definition) is 4. The van der Waals surface area contributed by atoms with Gasteiger partial charge in [0.1, 0.15) is 15.8 Å². The number of nitrogens with one attached hydrogen (secondary N) is 1. The first-order valence-electron chi connectivity index (χ1n) is 7.72. The van der Waals surface area contributed by atoms with Crippen LogP contribution in [-0.2, 0) is 0 Å². The van der Waals surface area contributed by atoms with Crippen molar-refractivity contribution < 1.29 is 4.79 Å². The van der Waals surface area contributed by atoms with Crippen LogP contribution in [0.3, 0.4) is 0 Å². The zero-order chi connectivity index (χ0) is 15.7. The highest BCUT2D eigenvalue weighted by Crippen LogP contribution is 2.32. The first kappa shape index (κ1) is 15.0. The molecule has 0 aromatic carbocycles. The number of thiophene rings is 1. The molecule has 1 aliphatic carbocycles. The lowest BCUT2D eigenvalue weighted by atomic mass is 9.95. The van der Waals surface area contributed by atoms with Gasteiger partial charge in [-0.05, 0) is 38.3 Å². The molecule has 0 unspecified atom stereocenters. The predicted octanol–water partition coefficient (Wildman–Crippen LogP) is 3.85. The van der Waals surface area contributed by atoms with Crippen molar-refractivity contribution in [3.8, 4) is 6.07 Å². The molecule has 2 heterocycles. The van der Waals surface area contributed by atoms with Crippen molar-refractivity contribution in [3.05, 3.63) is 27.8 Å². The Balaban J connectivity index is 1.97. The van der Waals surface area contributed by atoms with Gasteiger partial charge in [0.25, 0.3) is 5.91 Å². The fourth-order valence-electron chi connectivity index (χ4n) is 3.21. The van der Waals surface area contributed by atoms with Gasteiger partial charge in [-0.1, -0.05) is 19.3 Å². The summed E-state index contributed by atoms with van der Waals surface area (Å²) in [7, 11) is 0. The lowest BCUT2D eigenvalue weighted by Crippen LogP contribution is -2.36. The average Bonchev–Trinajstić information content (AvgIpc) is 2.87. The van der Waals surface area contributed by atoms with E-state index in [1.165, 1.54) is 30.6 Å². The number of pyridine rings is 1. The average molecular weight is 313 g/mol. The fraction of sp³-hybridized carbons (Fsp3) is 0.471. The van der Waals surface area contributed by atoms with E-state index in [0.29, 0.717) is 10.4 Å². The molecule has 1 amide bonds. The van der Waals surface area contributed by atoms with Gasteiger partial charge in [-0.3, -0.25) is 4.79 Å². The van der Waals surface area contributed by atoms with Gasteiger partial charge in [-0.2, -0.15) is 5.26 Å². The third-order valence-corrected chi connectivity index (χ3v) is 5.33. The summed E-state index contributed by atoms with van der Waals surface area (Å²) in [4.78, 5) is 18.3. The summed E-state index contributed by atoms with van der Waals surface area (Å²) in [6, 6.07) is 4.41. The molecular formula is C17H19N3OS. The molecule has 4 nitrogen and oxygen atoms in total. The second-order valence-corrected chi connectivity index (χ2v) is 6.99. The molecule has 0 radical (unpaired) electrons. The maximum absolute atomic E-state index is 12.6. The van der Waals surface area contributed by atoms with Gasteiger partial charge < -0.3 is 5.32 Å². The van der Waals surface area contributed by atoms with Crippen LogP contribution in [0, 0.1) is 25.2 Å². The minimum Gasteiger partial charge on any atom is -0.349 e. The highest BCUT2D eigenvalue weighted by molar-refractivity contribution is 7.20. The molecule has 5 heteroatoms. The van der Waals surface area contributed by atoms with Gasteiger partial charge in [-0.15, -0.1) is 11.3 Å². The van der Waals surface area contributed by atoms with E-state index in [2.05, 4.69) is 16.4 Å². The Morgan fingerprint density at radius 1 is 1.36 bits per heavy atom. The largest absolute Gasteiger partial charge is 0.349 e. The van der Waals surface area contributed by atoms with E-state index in [9.17, 15) is 10.1 Å². The van der Waals surface area contributed by atoms with Crippen LogP contribution in [0.15, 0.2) is 6.07 Å². The van der Waals surface area contributed by atoms with Crippen molar-refractivity contribution in [1.82, 2.24) is 10.3 Å². The van der Waals surface area contributed by atoms with Crippen molar-refractivity contribution in [3.63, 3.8) is 0 Å². The molecule has 0 bridgehead atoms. The minimum atomic E-state index is -0.122. The molecule has 1 saturated carbocycles. The monoisotopic (exact) mass is 313 g/mol. The topological polar surface area (TPSA) is 65.8 Å². The lowest BCUT2D eigenvalue weighted by Gasteiger charge is -2.22. The Hall–Kier alpha value is -1.93. The van der Waals surface area contributed by atoms with Crippen LogP contribution in [-0.4, -0.2) is 16.9 Å². The SMILES string of the molecule is Cc1cc(C)c2c(C#N)c(C(=O)NC3CCCCC3)sc2n1. The first-order chi connectivity index (χ1) is 10.6. The lowest BCUT2D eigenvalue weighted by molar-refractivity contribution is 0.0931. The van der Waals surface area contributed by atoms with E-state index in [0.717, 1.165) is 34.3 Å². The smallest absolute Gasteiger partial charge is 0.263 e. The van der Waals surface area contributed by atoms with Crippen LogP contribution in [0.2, 0.25) is 0 Å². The van der Waals surface area contributed by atoms with Gasteiger partial charge in [-0.25, -0.2) is 4.98 Å². The fourth-order valence-corrected chi connectivity index (χ4v) is 4.36. The zero-order valence-electron chi connectivity index (χ0n) is 12.9. The minimum absolute atomic E-state index is 0.122. The van der Waals surface area contributed by atoms with Gasteiger partial charge >= 0.3 is 0 Å². The van der Waals surface area contributed by atoms with Gasteiger partial charge in [0.05, 0.1) is 5.56 Å². The van der Waals surface area contributed by atoms with Crippen LogP contribution in [0.5, 0.6) is 0 Å². The number of carbonyl (C=O) groups excluding carboxylic acids is 1. The molecule has 0 aliphatic heterocycles. The van der Waals surface area contributed by atoms with Crippen molar-refractivity contribution >= 4 is 27.5 Å². The second-order valence-electron chi connectivity index (χ2n) is 5.99. The maximum Gasteiger partial charge on any atom is 0.263 e. The standard InChI is InChI=1S/C17H19N3OS/c1-10-8-11(2)19-17-14(10)13(9-18)15(22-17)16(21)20-12-6-4-3-5-7-12/h8,12H,3-7H2,1-2H3,(H,20,21). The van der Waals surface area contributed by atoms with Crippen molar-refractivity contribution in [2.45, 2.75) is 52.0 Å². The van der Waals surface area contributed by atoms with Crippen LogP contribution >= 0.6 is 11.3 Å². The number of amides is 1. The van der Waals surface area contributed by atoms with Gasteiger partial charge in [0.2, 0.25) is 0 Å². The first-order valence-corrected chi connectivity index (χ1v) is 8.53. The van der Waals surface area contributed by atoms with Crippen molar-refractivity contribution in [2.75, 3.05) is 0 Å². The quantitative estimate of drug-likeness (QED) is 0.916. The molecular weight excluding hydrogens is 294 g/mol. The molecule has 2 aromatic heterocycles. The second kappa shape index (κ2) is 6.05. The third kappa shape index (κ3) is 2.71. The van der Waals surface area contributed by atoms with Crippen LogP contribution in [0.4, 0.5) is 0 Å². The molecule has 2 aromatic rings. The predicted molar refractivity (Wildman–Crippen MR) is 88.1 cm³/mol. The molecule has 1 N–H and O–H groups in total. The highest BCUT2D eigenvalue weighted by atomic mass is 32.1. The Morgan fingerprint density at radius 2 is 2.09 bits per heavy atom. The normalized spacial score (nSPS) is 15.7. The molecule has 0 saturated heterocycles. The molecule has 1 aliphatic rings. The van der Waals surface area contributed by atoms with Gasteiger partial charge in [0.15, 0.2) is 0 Å². The Bertz CT molecular complexity index is 766. The van der Waals surface area contributed by atoms with Crippen molar-refractivity contribution in [1.29, 1.82) is 5.26 Å². The van der Waals surface area contributed by atoms with Crippen LogP contribution in [0.1, 0.15) is 58.6 Å². The number of carbonyl (C=O) groups is 1. The van der Waals surface area contributed by atoms with E-state index in [1.54, 1.807) is 0 Å². The maximum atomic E-state index is 12.6. The summed E-state index contributed by atoms with van der Waals surface area (Å²) >= 11 is 1.33. The molecule has 22 heavy (non-hydrogen) atoms. The molecule has 1 fully saturated rings. The summed E-state index contributed by atoms with van der Waals surface area (Å²) in [5, 5.41) is 13.4. The highest BCUT2D eigenvalue weighted by Gasteiger charge is 2.23. The number of rotatable bonds is 2. The van der Waals surface area contributed by atoms with E-state index in [1.807, 2.05) is 19.9 Å². The summed E-state index contributed by atoms with van der Waals surface area (Å²) in [6.07, 6.45) is 5.66. The summed E-state index contributed by atoms with van der Waals surface area (Å²) in [5.41, 5.74) is 2.39. The number of hydrogen-bond donors (Lipinski definition) is 1. The summed E-state index contributed by atoms with van der Waals surface area (Å²) in [5.74, 6) is -0.122. The molecule has 0 atom stereocenters. The summed E-state index contributed by atoms with van der Waals surface area (Å²) < 4.78 is 0. The Morgan fingerprint density at radius 3 is 2.77 bits per heavy atom. The number of nitriles is 1. The van der Waals surface area contributed by atoms with Gasteiger partial charge in [0, 0.05) is 17.1 Å². The van der Waals surface area contributed by atoms with E-state index >= 15 is 0 Å². The molecule has 114 valence electrons. The number of nitrogens with zero attached hydrogens (tertiary/aromatic N) is 2. The van der Waals surface area contributed by atoms with Crippen LogP contribution < -0.4 is 5.32 Å². The zero-order valence-corrected chi connectivity index (χ0v) is 13.7. The number of aromatic nitrogens is 1. The van der Waals surface area contributed by atoms with E-state index < -0.39 is 0 Å². The molecule has 0 spiro atoms. The number of fused-ring (bicyclic) bond motifs is 1. The van der Waals surface area contributed by atoms with Crippen molar-refractivity contribution in [2.24, 2.45) is 0 Å². The Labute approximate surface area is 134 Å².